The van der Waals surface area contributed by atoms with Gasteiger partial charge in [0.05, 0.1) is 17.6 Å². The molecule has 0 atom stereocenters. The van der Waals surface area contributed by atoms with Crippen LogP contribution in [-0.2, 0) is 16.1 Å². The molecule has 0 fully saturated rings. The maximum Gasteiger partial charge on any atom is 0.347 e. The molecule has 0 saturated heterocycles. The van der Waals surface area contributed by atoms with Crippen molar-refractivity contribution in [2.75, 3.05) is 19.7 Å². The van der Waals surface area contributed by atoms with Crippen molar-refractivity contribution in [3.05, 3.63) is 63.4 Å². The number of pyridine rings is 1. The highest BCUT2D eigenvalue weighted by atomic mass is 79.9. The molecule has 0 bridgehead atoms. The van der Waals surface area contributed by atoms with E-state index in [1.807, 2.05) is 35.2 Å². The zero-order valence-corrected chi connectivity index (χ0v) is 19.0. The Balaban J connectivity index is 1.50. The van der Waals surface area contributed by atoms with Gasteiger partial charge in [0.2, 0.25) is 0 Å². The van der Waals surface area contributed by atoms with Crippen LogP contribution in [0.2, 0.25) is 0 Å². The van der Waals surface area contributed by atoms with Gasteiger partial charge in [-0.3, -0.25) is 9.98 Å². The van der Waals surface area contributed by atoms with E-state index in [2.05, 4.69) is 25.9 Å². The van der Waals surface area contributed by atoms with Gasteiger partial charge >= 0.3 is 5.97 Å². The van der Waals surface area contributed by atoms with Crippen LogP contribution in [0.4, 0.5) is 0 Å². The second-order valence-electron chi connectivity index (χ2n) is 6.87. The van der Waals surface area contributed by atoms with Crippen molar-refractivity contribution < 1.29 is 18.7 Å². The van der Waals surface area contributed by atoms with E-state index in [4.69, 9.17) is 13.9 Å². The van der Waals surface area contributed by atoms with Gasteiger partial charge in [-0.05, 0) is 58.9 Å². The molecule has 9 heteroatoms. The van der Waals surface area contributed by atoms with Crippen LogP contribution in [0.5, 0.6) is 5.75 Å². The van der Waals surface area contributed by atoms with Crippen molar-refractivity contribution >= 4 is 55.5 Å². The zero-order chi connectivity index (χ0) is 21.4. The molecule has 0 amide bonds. The Morgan fingerprint density at radius 3 is 3.06 bits per heavy atom. The Labute approximate surface area is 191 Å². The summed E-state index contributed by atoms with van der Waals surface area (Å²) >= 11 is 4.99. The summed E-state index contributed by atoms with van der Waals surface area (Å²) < 4.78 is 18.2. The van der Waals surface area contributed by atoms with E-state index in [1.165, 1.54) is 11.8 Å². The van der Waals surface area contributed by atoms with E-state index in [9.17, 15) is 4.79 Å². The lowest BCUT2D eigenvalue weighted by Crippen LogP contribution is -2.20. The molecule has 158 valence electrons. The number of furan rings is 1. The lowest BCUT2D eigenvalue weighted by Gasteiger charge is -2.14. The number of halogens is 1. The molecular formula is C22H18BrN3O4S. The third kappa shape index (κ3) is 3.72. The Morgan fingerprint density at radius 1 is 1.35 bits per heavy atom. The Kier molecular flexibility index (Phi) is 5.45. The first kappa shape index (κ1) is 20.1. The van der Waals surface area contributed by atoms with Gasteiger partial charge in [0, 0.05) is 29.9 Å². The van der Waals surface area contributed by atoms with Crippen LogP contribution in [0.1, 0.15) is 18.2 Å². The van der Waals surface area contributed by atoms with Crippen LogP contribution in [0.3, 0.4) is 0 Å². The number of aliphatic imine (C=N–C) groups is 1. The smallest absolute Gasteiger partial charge is 0.347 e. The summed E-state index contributed by atoms with van der Waals surface area (Å²) in [6.45, 7) is 3.91. The number of ether oxygens (including phenoxy) is 2. The van der Waals surface area contributed by atoms with E-state index >= 15 is 0 Å². The zero-order valence-electron chi connectivity index (χ0n) is 16.6. The first-order valence-corrected chi connectivity index (χ1v) is 11.4. The fourth-order valence-electron chi connectivity index (χ4n) is 3.49. The fourth-order valence-corrected chi connectivity index (χ4v) is 5.13. The SMILES string of the molecule is CCOC(=O)C1=C(c2cc3c(Br)c(OCc4cccnc4)ccc3o2)N2CCN=C2S1. The van der Waals surface area contributed by atoms with Crippen LogP contribution in [0.15, 0.2) is 61.5 Å². The number of carbonyl (C=O) groups is 1. The number of nitrogens with zero attached hydrogens (tertiary/aromatic N) is 3. The minimum absolute atomic E-state index is 0.311. The molecule has 1 aromatic carbocycles. The minimum Gasteiger partial charge on any atom is -0.488 e. The summed E-state index contributed by atoms with van der Waals surface area (Å²) in [5.74, 6) is 0.940. The van der Waals surface area contributed by atoms with Crippen molar-refractivity contribution in [3.8, 4) is 5.75 Å². The first-order valence-electron chi connectivity index (χ1n) is 9.81. The van der Waals surface area contributed by atoms with Crippen molar-refractivity contribution in [3.63, 3.8) is 0 Å². The lowest BCUT2D eigenvalue weighted by molar-refractivity contribution is -0.137. The van der Waals surface area contributed by atoms with Crippen molar-refractivity contribution in [2.24, 2.45) is 4.99 Å². The summed E-state index contributed by atoms with van der Waals surface area (Å²) in [6, 6.07) is 9.50. The number of esters is 1. The number of fused-ring (bicyclic) bond motifs is 2. The number of thioether (sulfide) groups is 1. The van der Waals surface area contributed by atoms with Crippen LogP contribution in [0.25, 0.3) is 16.7 Å². The van der Waals surface area contributed by atoms with Crippen LogP contribution in [0, 0.1) is 0 Å². The molecule has 0 N–H and O–H groups in total. The van der Waals surface area contributed by atoms with E-state index in [0.29, 0.717) is 54.0 Å². The minimum atomic E-state index is -0.361. The maximum absolute atomic E-state index is 12.6. The molecule has 31 heavy (non-hydrogen) atoms. The lowest BCUT2D eigenvalue weighted by atomic mass is 10.2. The van der Waals surface area contributed by atoms with E-state index in [-0.39, 0.29) is 5.97 Å². The molecule has 3 aromatic rings. The molecule has 5 rings (SSSR count). The Bertz CT molecular complexity index is 1220. The molecule has 0 saturated carbocycles. The van der Waals surface area contributed by atoms with Gasteiger partial charge in [0.1, 0.15) is 28.5 Å². The first-order chi connectivity index (χ1) is 15.2. The number of carbonyl (C=O) groups excluding carboxylic acids is 1. The normalized spacial score (nSPS) is 15.4. The molecule has 2 aromatic heterocycles. The topological polar surface area (TPSA) is 77.2 Å². The van der Waals surface area contributed by atoms with Gasteiger partial charge in [-0.15, -0.1) is 0 Å². The van der Waals surface area contributed by atoms with Crippen molar-refractivity contribution in [2.45, 2.75) is 13.5 Å². The van der Waals surface area contributed by atoms with Crippen LogP contribution >= 0.6 is 27.7 Å². The summed E-state index contributed by atoms with van der Waals surface area (Å²) in [4.78, 5) is 23.7. The largest absolute Gasteiger partial charge is 0.488 e. The fraction of sp³-hybridized carbons (Fsp3) is 0.227. The number of rotatable bonds is 6. The van der Waals surface area contributed by atoms with E-state index < -0.39 is 0 Å². The second kappa shape index (κ2) is 8.39. The Morgan fingerprint density at radius 2 is 2.26 bits per heavy atom. The quantitative estimate of drug-likeness (QED) is 0.449. The van der Waals surface area contributed by atoms with Crippen molar-refractivity contribution in [1.29, 1.82) is 0 Å². The average Bonchev–Trinajstić information content (AvgIpc) is 3.48. The second-order valence-corrected chi connectivity index (χ2v) is 8.64. The van der Waals surface area contributed by atoms with Gasteiger partial charge < -0.3 is 18.8 Å². The molecule has 0 spiro atoms. The summed E-state index contributed by atoms with van der Waals surface area (Å²) in [7, 11) is 0. The number of aromatic nitrogens is 1. The monoisotopic (exact) mass is 499 g/mol. The van der Waals surface area contributed by atoms with Gasteiger partial charge in [-0.25, -0.2) is 4.79 Å². The van der Waals surface area contributed by atoms with Crippen LogP contribution < -0.4 is 4.74 Å². The standard InChI is InChI=1S/C22H18BrN3O4S/c1-2-28-21(27)20-19(26-9-8-25-22(26)31-20)17-10-14-15(30-17)5-6-16(18(14)23)29-12-13-4-3-7-24-11-13/h3-7,10-11H,2,8-9,12H2,1H3. The van der Waals surface area contributed by atoms with Crippen molar-refractivity contribution in [1.82, 2.24) is 9.88 Å². The third-order valence-electron chi connectivity index (χ3n) is 4.89. The highest BCUT2D eigenvalue weighted by Gasteiger charge is 2.38. The highest BCUT2D eigenvalue weighted by Crippen LogP contribution is 2.45. The number of amidine groups is 1. The molecule has 0 aliphatic carbocycles. The molecular weight excluding hydrogens is 482 g/mol. The Hall–Kier alpha value is -2.78. The molecule has 0 unspecified atom stereocenters. The van der Waals surface area contributed by atoms with Gasteiger partial charge in [-0.1, -0.05) is 6.07 Å². The van der Waals surface area contributed by atoms with Gasteiger partial charge in [-0.2, -0.15) is 0 Å². The predicted molar refractivity (Wildman–Crippen MR) is 123 cm³/mol. The molecule has 4 heterocycles. The summed E-state index contributed by atoms with van der Waals surface area (Å²) in [5.41, 5.74) is 2.39. The highest BCUT2D eigenvalue weighted by molar-refractivity contribution is 9.10. The van der Waals surface area contributed by atoms with Gasteiger partial charge in [0.25, 0.3) is 0 Å². The maximum atomic E-state index is 12.6. The average molecular weight is 500 g/mol. The summed E-state index contributed by atoms with van der Waals surface area (Å²) in [6.07, 6.45) is 3.51. The summed E-state index contributed by atoms with van der Waals surface area (Å²) in [5, 5.41) is 1.67. The van der Waals surface area contributed by atoms with E-state index in [0.717, 1.165) is 20.6 Å². The number of benzene rings is 1. The van der Waals surface area contributed by atoms with Crippen LogP contribution in [-0.4, -0.2) is 40.7 Å². The van der Waals surface area contributed by atoms with Gasteiger partial charge in [0.15, 0.2) is 10.9 Å². The van der Waals surface area contributed by atoms with E-state index in [1.54, 1.807) is 19.3 Å². The molecule has 2 aliphatic heterocycles. The number of hydrogen-bond donors (Lipinski definition) is 0. The predicted octanol–water partition coefficient (Wildman–Crippen LogP) is 4.82. The molecule has 0 radical (unpaired) electrons. The molecule has 7 nitrogen and oxygen atoms in total. The third-order valence-corrected chi connectivity index (χ3v) is 6.81. The number of hydrogen-bond acceptors (Lipinski definition) is 8. The molecule has 2 aliphatic rings.